The minimum Gasteiger partial charge on any atom is -0.478 e. The molecule has 1 amide bonds. The van der Waals surface area contributed by atoms with E-state index in [4.69, 9.17) is 5.11 Å². The zero-order valence-corrected chi connectivity index (χ0v) is 9.03. The summed E-state index contributed by atoms with van der Waals surface area (Å²) in [7, 11) is 1.39. The number of amides is 1. The van der Waals surface area contributed by atoms with Gasteiger partial charge in [0.1, 0.15) is 5.78 Å². The maximum atomic E-state index is 11.3. The van der Waals surface area contributed by atoms with Crippen LogP contribution in [0.3, 0.4) is 0 Å². The normalized spacial score (nSPS) is 11.3. The van der Waals surface area contributed by atoms with Crippen molar-refractivity contribution in [1.29, 1.82) is 0 Å². The van der Waals surface area contributed by atoms with Crippen molar-refractivity contribution in [1.82, 2.24) is 5.32 Å². The summed E-state index contributed by atoms with van der Waals surface area (Å²) in [4.78, 5) is 32.9. The first-order valence-electron chi connectivity index (χ1n) is 4.56. The van der Waals surface area contributed by atoms with E-state index in [1.807, 2.05) is 0 Å². The van der Waals surface area contributed by atoms with E-state index in [9.17, 15) is 14.4 Å². The summed E-state index contributed by atoms with van der Waals surface area (Å²) in [6, 6.07) is 0. The van der Waals surface area contributed by atoms with Crippen molar-refractivity contribution in [2.24, 2.45) is 5.92 Å². The lowest BCUT2D eigenvalue weighted by Gasteiger charge is -2.04. The number of ketones is 1. The number of Topliss-reactive ketones (excluding diaryl/α,β-unsaturated/α-hetero) is 1. The molecular weight excluding hydrogens is 198 g/mol. The number of hydrogen-bond acceptors (Lipinski definition) is 3. The van der Waals surface area contributed by atoms with Gasteiger partial charge in [-0.1, -0.05) is 13.8 Å². The van der Waals surface area contributed by atoms with E-state index in [0.29, 0.717) is 0 Å². The van der Waals surface area contributed by atoms with E-state index in [0.717, 1.165) is 6.08 Å². The van der Waals surface area contributed by atoms with Crippen molar-refractivity contribution >= 4 is 17.7 Å². The van der Waals surface area contributed by atoms with Gasteiger partial charge in [0, 0.05) is 31.0 Å². The van der Waals surface area contributed by atoms with Gasteiger partial charge in [0.25, 0.3) is 0 Å². The van der Waals surface area contributed by atoms with E-state index in [1.54, 1.807) is 13.8 Å². The van der Waals surface area contributed by atoms with Crippen LogP contribution in [0.2, 0.25) is 0 Å². The Kier molecular flexibility index (Phi) is 5.30. The zero-order valence-electron chi connectivity index (χ0n) is 9.03. The van der Waals surface area contributed by atoms with Crippen molar-refractivity contribution in [2.45, 2.75) is 20.3 Å². The van der Waals surface area contributed by atoms with Gasteiger partial charge in [0.05, 0.1) is 0 Å². The molecule has 2 N–H and O–H groups in total. The van der Waals surface area contributed by atoms with Crippen molar-refractivity contribution in [3.05, 3.63) is 11.6 Å². The molecule has 0 aliphatic rings. The van der Waals surface area contributed by atoms with Crippen LogP contribution in [0.25, 0.3) is 0 Å². The molecule has 5 heteroatoms. The maximum Gasteiger partial charge on any atom is 0.332 e. The van der Waals surface area contributed by atoms with E-state index in [2.05, 4.69) is 5.32 Å². The number of carbonyl (C=O) groups is 3. The quantitative estimate of drug-likeness (QED) is 0.646. The Balaban J connectivity index is 4.70. The Hall–Kier alpha value is -1.65. The number of rotatable bonds is 5. The summed E-state index contributed by atoms with van der Waals surface area (Å²) in [6.45, 7) is 3.36. The molecule has 0 saturated carbocycles. The third-order valence-corrected chi connectivity index (χ3v) is 1.84. The number of hydrogen-bond donors (Lipinski definition) is 2. The fourth-order valence-electron chi connectivity index (χ4n) is 0.811. The van der Waals surface area contributed by atoms with Crippen molar-refractivity contribution in [2.75, 3.05) is 7.05 Å². The molecule has 15 heavy (non-hydrogen) atoms. The molecule has 0 unspecified atom stereocenters. The Morgan fingerprint density at radius 1 is 1.33 bits per heavy atom. The highest BCUT2D eigenvalue weighted by Gasteiger charge is 2.16. The highest BCUT2D eigenvalue weighted by Crippen LogP contribution is 2.08. The van der Waals surface area contributed by atoms with Gasteiger partial charge in [-0.15, -0.1) is 0 Å². The van der Waals surface area contributed by atoms with Crippen molar-refractivity contribution < 1.29 is 19.5 Å². The molecule has 0 aromatic heterocycles. The Labute approximate surface area is 88.2 Å². The summed E-state index contributed by atoms with van der Waals surface area (Å²) in [5.74, 6) is -2.21. The van der Waals surface area contributed by atoms with Gasteiger partial charge >= 0.3 is 5.97 Å². The lowest BCUT2D eigenvalue weighted by Crippen LogP contribution is -2.19. The Morgan fingerprint density at radius 3 is 2.20 bits per heavy atom. The number of carboxylic acid groups (broad SMARTS) is 1. The molecule has 0 aromatic carbocycles. The van der Waals surface area contributed by atoms with E-state index < -0.39 is 11.9 Å². The molecule has 0 aliphatic heterocycles. The second-order valence-corrected chi connectivity index (χ2v) is 3.39. The first-order chi connectivity index (χ1) is 6.88. The molecule has 0 rings (SSSR count). The van der Waals surface area contributed by atoms with Crippen LogP contribution in [0.5, 0.6) is 0 Å². The first kappa shape index (κ1) is 13.4. The van der Waals surface area contributed by atoms with E-state index >= 15 is 0 Å². The van der Waals surface area contributed by atoms with Gasteiger partial charge in [-0.05, 0) is 0 Å². The second-order valence-electron chi connectivity index (χ2n) is 3.39. The topological polar surface area (TPSA) is 83.5 Å². The highest BCUT2D eigenvalue weighted by molar-refractivity contribution is 6.01. The third-order valence-electron chi connectivity index (χ3n) is 1.84. The summed E-state index contributed by atoms with van der Waals surface area (Å²) in [5.41, 5.74) is -0.187. The fourth-order valence-corrected chi connectivity index (χ4v) is 0.811. The summed E-state index contributed by atoms with van der Waals surface area (Å²) >= 11 is 0. The van der Waals surface area contributed by atoms with Crippen molar-refractivity contribution in [3.8, 4) is 0 Å². The van der Waals surface area contributed by atoms with Crippen LogP contribution in [0, 0.1) is 5.92 Å². The molecule has 0 fully saturated rings. The molecule has 5 nitrogen and oxygen atoms in total. The standard InChI is InChI=1S/C10H15NO4/c1-6(2)8(12)4-7(10(14)15)5-9(13)11-3/h5-6H,4H2,1-3H3,(H,11,13)(H,14,15)/b7-5-. The first-order valence-corrected chi connectivity index (χ1v) is 4.56. The number of carboxylic acids is 1. The molecule has 0 heterocycles. The van der Waals surface area contributed by atoms with Crippen LogP contribution >= 0.6 is 0 Å². The molecular formula is C10H15NO4. The molecule has 0 aliphatic carbocycles. The number of likely N-dealkylation sites (N-methyl/N-ethyl adjacent to an activating group) is 1. The fraction of sp³-hybridized carbons (Fsp3) is 0.500. The van der Waals surface area contributed by atoms with Crippen LogP contribution < -0.4 is 5.32 Å². The van der Waals surface area contributed by atoms with Crippen molar-refractivity contribution in [3.63, 3.8) is 0 Å². The van der Waals surface area contributed by atoms with Crippen LogP contribution in [0.1, 0.15) is 20.3 Å². The molecule has 0 aromatic rings. The largest absolute Gasteiger partial charge is 0.478 e. The summed E-state index contributed by atoms with van der Waals surface area (Å²) in [6.07, 6.45) is 0.711. The lowest BCUT2D eigenvalue weighted by atomic mass is 10.0. The molecule has 0 saturated heterocycles. The lowest BCUT2D eigenvalue weighted by molar-refractivity contribution is -0.134. The minimum atomic E-state index is -1.24. The highest BCUT2D eigenvalue weighted by atomic mass is 16.4. The van der Waals surface area contributed by atoms with Crippen LogP contribution in [-0.2, 0) is 14.4 Å². The molecule has 0 atom stereocenters. The second kappa shape index (κ2) is 5.95. The van der Waals surface area contributed by atoms with Gasteiger partial charge in [0.2, 0.25) is 5.91 Å². The average Bonchev–Trinajstić information content (AvgIpc) is 2.15. The Bertz CT molecular complexity index is 305. The number of nitrogens with one attached hydrogen (secondary N) is 1. The zero-order chi connectivity index (χ0) is 12.0. The van der Waals surface area contributed by atoms with Gasteiger partial charge in [-0.2, -0.15) is 0 Å². The molecule has 84 valence electrons. The monoisotopic (exact) mass is 213 g/mol. The SMILES string of the molecule is CNC(=O)/C=C(/CC(=O)C(C)C)C(=O)O. The van der Waals surface area contributed by atoms with E-state index in [1.165, 1.54) is 7.05 Å². The van der Waals surface area contributed by atoms with Gasteiger partial charge in [-0.3, -0.25) is 9.59 Å². The predicted octanol–water partition coefficient (Wildman–Crippen LogP) is 0.359. The smallest absolute Gasteiger partial charge is 0.332 e. The summed E-state index contributed by atoms with van der Waals surface area (Å²) < 4.78 is 0. The maximum absolute atomic E-state index is 11.3. The average molecular weight is 213 g/mol. The molecule has 0 bridgehead atoms. The predicted molar refractivity (Wildman–Crippen MR) is 54.2 cm³/mol. The minimum absolute atomic E-state index is 0.187. The molecule has 0 spiro atoms. The van der Waals surface area contributed by atoms with Gasteiger partial charge < -0.3 is 10.4 Å². The van der Waals surface area contributed by atoms with Gasteiger partial charge in [0.15, 0.2) is 0 Å². The van der Waals surface area contributed by atoms with Crippen LogP contribution in [0.4, 0.5) is 0 Å². The molecule has 0 radical (unpaired) electrons. The third kappa shape index (κ3) is 4.95. The van der Waals surface area contributed by atoms with Crippen LogP contribution in [-0.4, -0.2) is 29.8 Å². The number of carbonyl (C=O) groups excluding carboxylic acids is 2. The number of aliphatic carboxylic acids is 1. The van der Waals surface area contributed by atoms with Gasteiger partial charge in [-0.25, -0.2) is 4.79 Å². The summed E-state index contributed by atoms with van der Waals surface area (Å²) in [5, 5.41) is 11.0. The van der Waals surface area contributed by atoms with E-state index in [-0.39, 0.29) is 23.7 Å². The van der Waals surface area contributed by atoms with Crippen LogP contribution in [0.15, 0.2) is 11.6 Å². The Morgan fingerprint density at radius 2 is 1.87 bits per heavy atom.